The molecule has 1 heterocycles. The van der Waals surface area contributed by atoms with Crippen molar-refractivity contribution in [3.05, 3.63) is 59.2 Å². The Morgan fingerprint density at radius 3 is 2.26 bits per heavy atom. The number of carbonyl (C=O) groups is 3. The first-order chi connectivity index (χ1) is 16.4. The van der Waals surface area contributed by atoms with Gasteiger partial charge in [0.25, 0.3) is 5.91 Å². The number of aliphatic carboxylic acids is 2. The van der Waals surface area contributed by atoms with Crippen LogP contribution in [0.2, 0.25) is 0 Å². The Morgan fingerprint density at radius 1 is 1.09 bits per heavy atom. The number of sulfonamides is 1. The van der Waals surface area contributed by atoms with Crippen molar-refractivity contribution >= 4 is 33.6 Å². The Hall–Kier alpha value is -3.64. The van der Waals surface area contributed by atoms with Crippen LogP contribution in [0, 0.1) is 0 Å². The SMILES string of the molecule is COc1ccc2c(c1)CCN(CCNC(=O)c1ccc(NS(C)(=O)=O)cc1)C2C.O=C(O)C(=O)O. The summed E-state index contributed by atoms with van der Waals surface area (Å²) in [5.41, 5.74) is 3.55. The monoisotopic (exact) mass is 507 g/mol. The Labute approximate surface area is 203 Å². The van der Waals surface area contributed by atoms with Crippen molar-refractivity contribution in [1.29, 1.82) is 0 Å². The molecule has 3 rings (SSSR count). The zero-order chi connectivity index (χ0) is 26.2. The average Bonchev–Trinajstić information content (AvgIpc) is 2.80. The first kappa shape index (κ1) is 27.6. The summed E-state index contributed by atoms with van der Waals surface area (Å²) in [6.07, 6.45) is 2.05. The van der Waals surface area contributed by atoms with Crippen LogP contribution in [0.4, 0.5) is 5.69 Å². The second-order valence-corrected chi connectivity index (χ2v) is 9.59. The van der Waals surface area contributed by atoms with Crippen molar-refractivity contribution in [2.24, 2.45) is 0 Å². The zero-order valence-corrected chi connectivity index (χ0v) is 20.5. The summed E-state index contributed by atoms with van der Waals surface area (Å²) < 4.78 is 30.2. The summed E-state index contributed by atoms with van der Waals surface area (Å²) in [7, 11) is -1.65. The topological polar surface area (TPSA) is 162 Å². The third-order valence-corrected chi connectivity index (χ3v) is 5.94. The maximum atomic E-state index is 12.4. The number of nitrogens with one attached hydrogen (secondary N) is 2. The summed E-state index contributed by atoms with van der Waals surface area (Å²) in [4.78, 5) is 32.9. The smallest absolute Gasteiger partial charge is 0.414 e. The minimum Gasteiger partial charge on any atom is -0.497 e. The van der Waals surface area contributed by atoms with E-state index in [1.54, 1.807) is 31.4 Å². The molecule has 0 saturated heterocycles. The zero-order valence-electron chi connectivity index (χ0n) is 19.6. The van der Waals surface area contributed by atoms with Gasteiger partial charge >= 0.3 is 11.9 Å². The van der Waals surface area contributed by atoms with Gasteiger partial charge in [-0.2, -0.15) is 0 Å². The van der Waals surface area contributed by atoms with Crippen LogP contribution in [0.5, 0.6) is 5.75 Å². The lowest BCUT2D eigenvalue weighted by Gasteiger charge is -2.35. The van der Waals surface area contributed by atoms with E-state index in [-0.39, 0.29) is 11.9 Å². The molecule has 190 valence electrons. The van der Waals surface area contributed by atoms with E-state index < -0.39 is 22.0 Å². The highest BCUT2D eigenvalue weighted by atomic mass is 32.2. The van der Waals surface area contributed by atoms with E-state index in [1.165, 1.54) is 11.1 Å². The minimum absolute atomic E-state index is 0.175. The Balaban J connectivity index is 0.000000641. The number of carboxylic acids is 2. The molecule has 0 fully saturated rings. The van der Waals surface area contributed by atoms with E-state index in [2.05, 4.69) is 34.0 Å². The molecule has 2 aromatic rings. The lowest BCUT2D eigenvalue weighted by atomic mass is 9.93. The predicted octanol–water partition coefficient (Wildman–Crippen LogP) is 1.57. The molecule has 12 heteroatoms. The Bertz CT molecular complexity index is 1150. The fraction of sp³-hybridized carbons (Fsp3) is 0.348. The lowest BCUT2D eigenvalue weighted by Crippen LogP contribution is -2.39. The third-order valence-electron chi connectivity index (χ3n) is 5.33. The van der Waals surface area contributed by atoms with Crippen LogP contribution < -0.4 is 14.8 Å². The third kappa shape index (κ3) is 8.58. The summed E-state index contributed by atoms with van der Waals surface area (Å²) >= 11 is 0. The van der Waals surface area contributed by atoms with Crippen molar-refractivity contribution < 1.29 is 37.8 Å². The van der Waals surface area contributed by atoms with Gasteiger partial charge in [0.2, 0.25) is 10.0 Å². The highest BCUT2D eigenvalue weighted by Crippen LogP contribution is 2.31. The van der Waals surface area contributed by atoms with E-state index >= 15 is 0 Å². The average molecular weight is 508 g/mol. The normalized spacial score (nSPS) is 15.1. The Morgan fingerprint density at radius 2 is 1.71 bits per heavy atom. The van der Waals surface area contributed by atoms with Gasteiger partial charge in [-0.25, -0.2) is 18.0 Å². The van der Waals surface area contributed by atoms with Crippen LogP contribution in [-0.4, -0.2) is 74.4 Å². The maximum Gasteiger partial charge on any atom is 0.414 e. The number of nitrogens with zero attached hydrogens (tertiary/aromatic N) is 1. The fourth-order valence-electron chi connectivity index (χ4n) is 3.61. The van der Waals surface area contributed by atoms with Crippen molar-refractivity contribution in [3.63, 3.8) is 0 Å². The van der Waals surface area contributed by atoms with Crippen molar-refractivity contribution in [2.75, 3.05) is 37.7 Å². The standard InChI is InChI=1S/C21H27N3O4S.C2H2O4/c1-15-20-9-8-19(28-2)14-17(20)10-12-24(15)13-11-22-21(25)16-4-6-18(7-5-16)23-29(3,26)27;3-1(4)2(5)6/h4-9,14-15,23H,10-13H2,1-3H3,(H,22,25);(H,3,4)(H,5,6). The van der Waals surface area contributed by atoms with Gasteiger partial charge in [0, 0.05) is 36.9 Å². The predicted molar refractivity (Wildman–Crippen MR) is 129 cm³/mol. The Kier molecular flexibility index (Phi) is 9.60. The van der Waals surface area contributed by atoms with Crippen molar-refractivity contribution in [1.82, 2.24) is 10.2 Å². The van der Waals surface area contributed by atoms with E-state index in [0.717, 1.165) is 31.5 Å². The lowest BCUT2D eigenvalue weighted by molar-refractivity contribution is -0.159. The molecule has 0 bridgehead atoms. The highest BCUT2D eigenvalue weighted by Gasteiger charge is 2.23. The number of anilines is 1. The van der Waals surface area contributed by atoms with E-state index in [0.29, 0.717) is 17.8 Å². The molecule has 0 spiro atoms. The molecular weight excluding hydrogens is 478 g/mol. The van der Waals surface area contributed by atoms with E-state index in [9.17, 15) is 13.2 Å². The molecule has 1 aliphatic heterocycles. The van der Waals surface area contributed by atoms with Gasteiger partial charge in [0.1, 0.15) is 5.75 Å². The van der Waals surface area contributed by atoms with Gasteiger partial charge in [0.15, 0.2) is 0 Å². The quantitative estimate of drug-likeness (QED) is 0.408. The van der Waals surface area contributed by atoms with Gasteiger partial charge in [-0.15, -0.1) is 0 Å². The van der Waals surface area contributed by atoms with Crippen molar-refractivity contribution in [2.45, 2.75) is 19.4 Å². The molecule has 0 radical (unpaired) electrons. The molecule has 1 aliphatic rings. The fourth-order valence-corrected chi connectivity index (χ4v) is 4.18. The van der Waals surface area contributed by atoms with Gasteiger partial charge in [-0.1, -0.05) is 6.07 Å². The molecule has 11 nitrogen and oxygen atoms in total. The summed E-state index contributed by atoms with van der Waals surface area (Å²) in [5, 5.41) is 17.7. The largest absolute Gasteiger partial charge is 0.497 e. The van der Waals surface area contributed by atoms with Crippen molar-refractivity contribution in [3.8, 4) is 5.75 Å². The molecule has 35 heavy (non-hydrogen) atoms. The molecule has 0 aliphatic carbocycles. The maximum absolute atomic E-state index is 12.4. The number of hydrogen-bond donors (Lipinski definition) is 4. The minimum atomic E-state index is -3.33. The van der Waals surface area contributed by atoms with Crippen LogP contribution in [0.1, 0.15) is 34.5 Å². The second-order valence-electron chi connectivity index (χ2n) is 7.84. The van der Waals surface area contributed by atoms with Crippen LogP contribution in [-0.2, 0) is 26.0 Å². The number of carbonyl (C=O) groups excluding carboxylic acids is 1. The molecule has 4 N–H and O–H groups in total. The number of rotatable bonds is 7. The number of amides is 1. The first-order valence-corrected chi connectivity index (χ1v) is 12.5. The number of ether oxygens (including phenoxy) is 1. The number of carboxylic acid groups (broad SMARTS) is 2. The number of hydrogen-bond acceptors (Lipinski definition) is 7. The molecule has 1 unspecified atom stereocenters. The van der Waals surface area contributed by atoms with Crippen LogP contribution in [0.15, 0.2) is 42.5 Å². The van der Waals surface area contributed by atoms with Gasteiger partial charge in [0.05, 0.1) is 13.4 Å². The van der Waals surface area contributed by atoms with E-state index in [4.69, 9.17) is 24.5 Å². The van der Waals surface area contributed by atoms with Gasteiger partial charge < -0.3 is 20.3 Å². The van der Waals surface area contributed by atoms with Crippen LogP contribution >= 0.6 is 0 Å². The molecule has 2 aromatic carbocycles. The van der Waals surface area contributed by atoms with Crippen LogP contribution in [0.25, 0.3) is 0 Å². The highest BCUT2D eigenvalue weighted by molar-refractivity contribution is 7.92. The molecule has 1 atom stereocenters. The number of methoxy groups -OCH3 is 1. The molecule has 1 amide bonds. The molecule has 0 saturated carbocycles. The number of benzene rings is 2. The number of fused-ring (bicyclic) bond motifs is 1. The summed E-state index contributed by atoms with van der Waals surface area (Å²) in [6.45, 7) is 4.41. The van der Waals surface area contributed by atoms with Crippen LogP contribution in [0.3, 0.4) is 0 Å². The molecule has 0 aromatic heterocycles. The second kappa shape index (κ2) is 12.2. The summed E-state index contributed by atoms with van der Waals surface area (Å²) in [5.74, 6) is -2.94. The molecular formula is C23H29N3O8S. The van der Waals surface area contributed by atoms with Gasteiger partial charge in [-0.3, -0.25) is 14.4 Å². The van der Waals surface area contributed by atoms with Gasteiger partial charge in [-0.05, 0) is 60.9 Å². The summed E-state index contributed by atoms with van der Waals surface area (Å²) in [6, 6.07) is 12.9. The van der Waals surface area contributed by atoms with E-state index in [1.807, 2.05) is 6.07 Å². The first-order valence-electron chi connectivity index (χ1n) is 10.6.